The van der Waals surface area contributed by atoms with Gasteiger partial charge in [0.2, 0.25) is 11.8 Å². The summed E-state index contributed by atoms with van der Waals surface area (Å²) in [6, 6.07) is 9.63. The molecule has 46 heavy (non-hydrogen) atoms. The molecule has 1 aromatic carbocycles. The van der Waals surface area contributed by atoms with E-state index in [0.29, 0.717) is 35.4 Å². The molecule has 1 unspecified atom stereocenters. The maximum Gasteiger partial charge on any atom is 0.247 e. The summed E-state index contributed by atoms with van der Waals surface area (Å²) in [5.74, 6) is 0.0727. The van der Waals surface area contributed by atoms with Gasteiger partial charge in [0, 0.05) is 41.8 Å². The number of anilines is 1. The number of benzene rings is 1. The van der Waals surface area contributed by atoms with Gasteiger partial charge in [-0.2, -0.15) is 5.26 Å². The number of nitrogens with two attached hydrogens (primary N) is 1. The molecule has 0 radical (unpaired) electrons. The van der Waals surface area contributed by atoms with Crippen molar-refractivity contribution in [2.45, 2.75) is 134 Å². The Bertz CT molecular complexity index is 1290. The number of allylic oxidation sites excluding steroid dienone is 1. The molecule has 0 bridgehead atoms. The van der Waals surface area contributed by atoms with Gasteiger partial charge in [-0.1, -0.05) is 140 Å². The first-order valence-corrected chi connectivity index (χ1v) is 19.9. The first-order valence-electron chi connectivity index (χ1n) is 17.7. The van der Waals surface area contributed by atoms with Crippen molar-refractivity contribution in [2.24, 2.45) is 11.1 Å². The molecule has 1 aromatic rings. The molecule has 0 saturated carbocycles. The highest BCUT2D eigenvalue weighted by atomic mass is 79.9. The molecule has 0 aromatic heterocycles. The number of carbonyl (C=O) groups excluding carboxylic acids is 2. The van der Waals surface area contributed by atoms with Crippen LogP contribution in [0.3, 0.4) is 0 Å². The summed E-state index contributed by atoms with van der Waals surface area (Å²) in [5.41, 5.74) is 6.41. The lowest BCUT2D eigenvalue weighted by molar-refractivity contribution is -0.126. The van der Waals surface area contributed by atoms with Crippen LogP contribution >= 0.6 is 31.9 Å². The normalized spacial score (nSPS) is 20.3. The highest BCUT2D eigenvalue weighted by Crippen LogP contribution is 2.58. The Morgan fingerprint density at radius 1 is 0.804 bits per heavy atom. The van der Waals surface area contributed by atoms with Crippen LogP contribution < -0.4 is 10.6 Å². The number of alkyl halides is 2. The van der Waals surface area contributed by atoms with E-state index in [9.17, 15) is 14.9 Å². The summed E-state index contributed by atoms with van der Waals surface area (Å²) in [7, 11) is 1.71. The standard InChI is InChI=1S/C38H53Br2N3O3/c1-43-31-21-15-14-20-29(31)38(36(43)45)30(28-41)35(42)46-33-27-37(26-32(44)34(33)38,22-16-10-6-2-4-8-12-18-24-39)23-17-11-7-3-5-9-13-19-25-40/h14-15,20-21H,2-13,16-19,22-27,42H2,1H3. The van der Waals surface area contributed by atoms with Gasteiger partial charge < -0.3 is 15.4 Å². The zero-order valence-electron chi connectivity index (χ0n) is 27.8. The molecular formula is C38H53Br2N3O3. The quantitative estimate of drug-likeness (QED) is 0.106. The van der Waals surface area contributed by atoms with Crippen molar-refractivity contribution in [3.05, 3.63) is 52.6 Å². The smallest absolute Gasteiger partial charge is 0.247 e. The minimum Gasteiger partial charge on any atom is -0.444 e. The van der Waals surface area contributed by atoms with Crippen molar-refractivity contribution in [2.75, 3.05) is 22.6 Å². The van der Waals surface area contributed by atoms with Crippen LogP contribution in [0.2, 0.25) is 0 Å². The molecule has 8 heteroatoms. The van der Waals surface area contributed by atoms with Crippen molar-refractivity contribution in [1.29, 1.82) is 5.26 Å². The van der Waals surface area contributed by atoms with E-state index in [4.69, 9.17) is 10.5 Å². The summed E-state index contributed by atoms with van der Waals surface area (Å²) in [6.45, 7) is 0. The van der Waals surface area contributed by atoms with E-state index in [2.05, 4.69) is 37.9 Å². The highest BCUT2D eigenvalue weighted by molar-refractivity contribution is 9.09. The van der Waals surface area contributed by atoms with E-state index in [1.165, 1.54) is 77.0 Å². The van der Waals surface area contributed by atoms with Gasteiger partial charge in [0.15, 0.2) is 5.78 Å². The topological polar surface area (TPSA) is 96.4 Å². The number of rotatable bonds is 20. The summed E-state index contributed by atoms with van der Waals surface area (Å²) in [4.78, 5) is 30.2. The average Bonchev–Trinajstić information content (AvgIpc) is 3.25. The molecule has 0 fully saturated rings. The fourth-order valence-electron chi connectivity index (χ4n) is 8.05. The van der Waals surface area contributed by atoms with E-state index in [1.54, 1.807) is 11.9 Å². The Morgan fingerprint density at radius 3 is 1.83 bits per heavy atom. The number of ether oxygens (including phenoxy) is 1. The third kappa shape index (κ3) is 8.12. The van der Waals surface area contributed by atoms with Gasteiger partial charge in [-0.3, -0.25) is 9.59 Å². The molecule has 2 heterocycles. The van der Waals surface area contributed by atoms with Crippen molar-refractivity contribution >= 4 is 49.2 Å². The number of amides is 1. The molecule has 2 aliphatic heterocycles. The van der Waals surface area contributed by atoms with Crippen LogP contribution in [0.15, 0.2) is 47.1 Å². The van der Waals surface area contributed by atoms with Gasteiger partial charge >= 0.3 is 0 Å². The molecular weight excluding hydrogens is 706 g/mol. The minimum atomic E-state index is -1.54. The molecule has 1 spiro atoms. The number of Topliss-reactive ketones (excluding diaryl/α,β-unsaturated/α-hetero) is 1. The maximum atomic E-state index is 14.5. The third-order valence-electron chi connectivity index (χ3n) is 10.4. The largest absolute Gasteiger partial charge is 0.444 e. The minimum absolute atomic E-state index is 0.0289. The first-order chi connectivity index (χ1) is 22.4. The number of hydrogen-bond donors (Lipinski definition) is 1. The lowest BCUT2D eigenvalue weighted by atomic mass is 9.59. The number of unbranched alkanes of at least 4 members (excludes halogenated alkanes) is 14. The van der Waals surface area contributed by atoms with Gasteiger partial charge in [0.05, 0.1) is 5.57 Å². The van der Waals surface area contributed by atoms with Gasteiger partial charge in [0.1, 0.15) is 22.8 Å². The monoisotopic (exact) mass is 757 g/mol. The van der Waals surface area contributed by atoms with Crippen molar-refractivity contribution in [3.8, 4) is 6.07 Å². The molecule has 252 valence electrons. The van der Waals surface area contributed by atoms with Crippen LogP contribution in [0.4, 0.5) is 5.69 Å². The zero-order chi connectivity index (χ0) is 33.0. The van der Waals surface area contributed by atoms with Gasteiger partial charge in [-0.05, 0) is 37.2 Å². The number of nitriles is 1. The second-order valence-corrected chi connectivity index (χ2v) is 15.3. The number of nitrogens with zero attached hydrogens (tertiary/aromatic N) is 2. The van der Waals surface area contributed by atoms with E-state index >= 15 is 0 Å². The van der Waals surface area contributed by atoms with Crippen molar-refractivity contribution in [3.63, 3.8) is 0 Å². The Hall–Kier alpha value is -2.11. The predicted octanol–water partition coefficient (Wildman–Crippen LogP) is 10.0. The zero-order valence-corrected chi connectivity index (χ0v) is 31.0. The third-order valence-corrected chi connectivity index (χ3v) is 11.6. The second kappa shape index (κ2) is 17.9. The lowest BCUT2D eigenvalue weighted by Crippen LogP contribution is -2.50. The second-order valence-electron chi connectivity index (χ2n) is 13.7. The van der Waals surface area contributed by atoms with Crippen LogP contribution in [0, 0.1) is 16.7 Å². The predicted molar refractivity (Wildman–Crippen MR) is 194 cm³/mol. The van der Waals surface area contributed by atoms with E-state index in [0.717, 1.165) is 49.2 Å². The Kier molecular flexibility index (Phi) is 14.3. The van der Waals surface area contributed by atoms with Gasteiger partial charge in [-0.25, -0.2) is 0 Å². The number of halogens is 2. The summed E-state index contributed by atoms with van der Waals surface area (Å²) in [5, 5.41) is 12.5. The van der Waals surface area contributed by atoms with Crippen LogP contribution in [-0.4, -0.2) is 29.4 Å². The number of hydrogen-bond acceptors (Lipinski definition) is 5. The first kappa shape index (κ1) is 36.7. The number of ketones is 1. The van der Waals surface area contributed by atoms with Crippen LogP contribution in [0.5, 0.6) is 0 Å². The van der Waals surface area contributed by atoms with Gasteiger partial charge in [0.25, 0.3) is 0 Å². The SMILES string of the molecule is CN1C(=O)C2(C(C#N)=C(N)OC3=C2C(=O)CC(CCCCCCCCCCBr)(CCCCCCCCCCBr)C3)c2ccccc21. The number of likely N-dealkylation sites (N-methyl/N-ethyl adjacent to an activating group) is 1. The summed E-state index contributed by atoms with van der Waals surface area (Å²) in [6.07, 6.45) is 22.6. The van der Waals surface area contributed by atoms with Gasteiger partial charge in [-0.15, -0.1) is 0 Å². The summed E-state index contributed by atoms with van der Waals surface area (Å²) < 4.78 is 6.20. The van der Waals surface area contributed by atoms with Crippen LogP contribution in [0.1, 0.15) is 134 Å². The average molecular weight is 760 g/mol. The van der Waals surface area contributed by atoms with Crippen molar-refractivity contribution in [1.82, 2.24) is 0 Å². The Labute approximate surface area is 293 Å². The van der Waals surface area contributed by atoms with E-state index < -0.39 is 5.41 Å². The molecule has 4 rings (SSSR count). The van der Waals surface area contributed by atoms with E-state index in [1.807, 2.05) is 24.3 Å². The molecule has 1 atom stereocenters. The molecule has 2 N–H and O–H groups in total. The maximum absolute atomic E-state index is 14.5. The molecule has 6 nitrogen and oxygen atoms in total. The Balaban J connectivity index is 1.53. The summed E-state index contributed by atoms with van der Waals surface area (Å²) >= 11 is 7.05. The van der Waals surface area contributed by atoms with Crippen molar-refractivity contribution < 1.29 is 14.3 Å². The molecule has 0 saturated heterocycles. The molecule has 1 aliphatic carbocycles. The van der Waals surface area contributed by atoms with Crippen LogP contribution in [0.25, 0.3) is 0 Å². The number of carbonyl (C=O) groups is 2. The number of para-hydroxylation sites is 1. The fraction of sp³-hybridized carbons (Fsp3) is 0.658. The Morgan fingerprint density at radius 2 is 1.30 bits per heavy atom. The molecule has 1 amide bonds. The lowest BCUT2D eigenvalue weighted by Gasteiger charge is -2.44. The fourth-order valence-corrected chi connectivity index (χ4v) is 8.84. The highest BCUT2D eigenvalue weighted by Gasteiger charge is 2.62. The van der Waals surface area contributed by atoms with E-state index in [-0.39, 0.29) is 28.6 Å². The van der Waals surface area contributed by atoms with Crippen LogP contribution in [-0.2, 0) is 19.7 Å². The number of fused-ring (bicyclic) bond motifs is 3. The molecule has 3 aliphatic rings.